The van der Waals surface area contributed by atoms with Crippen LogP contribution in [0.25, 0.3) is 11.0 Å². The molecule has 7 heteroatoms. The molecule has 2 aromatic heterocycles. The van der Waals surface area contributed by atoms with Crippen molar-refractivity contribution in [3.8, 4) is 0 Å². The number of carbonyl (C=O) groups excluding carboxylic acids is 1. The van der Waals surface area contributed by atoms with E-state index in [1.54, 1.807) is 11.8 Å². The zero-order chi connectivity index (χ0) is 15.1. The van der Waals surface area contributed by atoms with Crippen LogP contribution in [0.1, 0.15) is 23.3 Å². The molecule has 0 saturated carbocycles. The van der Waals surface area contributed by atoms with E-state index in [2.05, 4.69) is 15.3 Å². The first-order valence-corrected chi connectivity index (χ1v) is 7.12. The fourth-order valence-electron chi connectivity index (χ4n) is 2.64. The van der Waals surface area contributed by atoms with Crippen LogP contribution in [0.15, 0.2) is 33.3 Å². The highest BCUT2D eigenvalue weighted by Crippen LogP contribution is 2.27. The van der Waals surface area contributed by atoms with E-state index in [-0.39, 0.29) is 18.2 Å². The third-order valence-electron chi connectivity index (χ3n) is 3.90. The Kier molecular flexibility index (Phi) is 2.92. The van der Waals surface area contributed by atoms with E-state index in [0.717, 1.165) is 5.39 Å². The summed E-state index contributed by atoms with van der Waals surface area (Å²) in [5, 5.41) is 8.65. The van der Waals surface area contributed by atoms with Crippen LogP contribution >= 0.6 is 0 Å². The van der Waals surface area contributed by atoms with Gasteiger partial charge >= 0.3 is 0 Å². The number of amides is 1. The van der Waals surface area contributed by atoms with Crippen LogP contribution in [0, 0.1) is 6.92 Å². The van der Waals surface area contributed by atoms with Gasteiger partial charge in [0.2, 0.25) is 11.8 Å². The highest BCUT2D eigenvalue weighted by molar-refractivity contribution is 5.86. The molecule has 0 atom stereocenters. The number of aromatic nitrogens is 3. The molecule has 22 heavy (non-hydrogen) atoms. The molecule has 0 bridgehead atoms. The summed E-state index contributed by atoms with van der Waals surface area (Å²) < 4.78 is 10.4. The molecule has 1 aliphatic heterocycles. The summed E-state index contributed by atoms with van der Waals surface area (Å²) in [7, 11) is 0. The predicted octanol–water partition coefficient (Wildman–Crippen LogP) is 1.69. The van der Waals surface area contributed by atoms with Gasteiger partial charge in [0.15, 0.2) is 11.4 Å². The summed E-state index contributed by atoms with van der Waals surface area (Å²) in [6.07, 6.45) is 0.243. The van der Waals surface area contributed by atoms with Gasteiger partial charge in [-0.05, 0) is 19.1 Å². The van der Waals surface area contributed by atoms with Gasteiger partial charge in [-0.3, -0.25) is 4.79 Å². The number of carbonyl (C=O) groups is 1. The second-order valence-electron chi connectivity index (χ2n) is 5.48. The van der Waals surface area contributed by atoms with Crippen molar-refractivity contribution in [1.82, 2.24) is 20.2 Å². The molecule has 0 unspecified atom stereocenters. The van der Waals surface area contributed by atoms with Gasteiger partial charge in [0, 0.05) is 18.5 Å². The zero-order valence-electron chi connectivity index (χ0n) is 12.0. The van der Waals surface area contributed by atoms with Crippen LogP contribution in [0.3, 0.4) is 0 Å². The number of para-hydroxylation sites is 1. The molecule has 1 aliphatic rings. The summed E-state index contributed by atoms with van der Waals surface area (Å²) in [5.74, 6) is 1.40. The molecule has 0 N–H and O–H groups in total. The predicted molar refractivity (Wildman–Crippen MR) is 76.1 cm³/mol. The van der Waals surface area contributed by atoms with Gasteiger partial charge in [-0.25, -0.2) is 0 Å². The molecular formula is C15H14N4O3. The number of benzene rings is 1. The molecule has 7 nitrogen and oxygen atoms in total. The minimum atomic E-state index is 0.0338. The standard InChI is InChI=1S/C15H14N4O3/c1-9-16-15(22-17-9)10-7-19(8-10)14(20)6-12-11-4-2-3-5-13(11)21-18-12/h2-5,10H,6-8H2,1H3. The van der Waals surface area contributed by atoms with Crippen molar-refractivity contribution in [3.63, 3.8) is 0 Å². The summed E-state index contributed by atoms with van der Waals surface area (Å²) >= 11 is 0. The number of rotatable bonds is 3. The van der Waals surface area contributed by atoms with E-state index in [1.165, 1.54) is 0 Å². The van der Waals surface area contributed by atoms with E-state index in [4.69, 9.17) is 9.05 Å². The quantitative estimate of drug-likeness (QED) is 0.731. The molecule has 1 aromatic carbocycles. The monoisotopic (exact) mass is 298 g/mol. The summed E-state index contributed by atoms with van der Waals surface area (Å²) in [4.78, 5) is 18.3. The molecule has 1 saturated heterocycles. The molecule has 4 rings (SSSR count). The highest BCUT2D eigenvalue weighted by Gasteiger charge is 2.35. The smallest absolute Gasteiger partial charge is 0.233 e. The molecule has 1 amide bonds. The molecule has 0 radical (unpaired) electrons. The number of hydrogen-bond acceptors (Lipinski definition) is 6. The van der Waals surface area contributed by atoms with Crippen LogP contribution in [-0.4, -0.2) is 39.2 Å². The summed E-state index contributed by atoms with van der Waals surface area (Å²) in [6.45, 7) is 3.00. The maximum absolute atomic E-state index is 12.3. The molecule has 3 aromatic rings. The topological polar surface area (TPSA) is 85.3 Å². The Bertz CT molecular complexity index is 832. The average molecular weight is 298 g/mol. The Labute approximate surface area is 125 Å². The van der Waals surface area contributed by atoms with E-state index in [9.17, 15) is 4.79 Å². The van der Waals surface area contributed by atoms with Crippen LogP contribution in [-0.2, 0) is 11.2 Å². The maximum Gasteiger partial charge on any atom is 0.233 e. The van der Waals surface area contributed by atoms with Crippen LogP contribution in [0.4, 0.5) is 0 Å². The number of fused-ring (bicyclic) bond motifs is 1. The van der Waals surface area contributed by atoms with E-state index in [0.29, 0.717) is 36.1 Å². The highest BCUT2D eigenvalue weighted by atomic mass is 16.5. The lowest BCUT2D eigenvalue weighted by Gasteiger charge is -2.37. The molecule has 112 valence electrons. The SMILES string of the molecule is Cc1noc(C2CN(C(=O)Cc3noc4ccccc34)C2)n1. The third-order valence-corrected chi connectivity index (χ3v) is 3.90. The second kappa shape index (κ2) is 4.94. The van der Waals surface area contributed by atoms with Crippen molar-refractivity contribution in [3.05, 3.63) is 41.7 Å². The van der Waals surface area contributed by atoms with Gasteiger partial charge in [-0.1, -0.05) is 22.4 Å². The number of nitrogens with zero attached hydrogens (tertiary/aromatic N) is 4. The molecule has 0 aliphatic carbocycles. The largest absolute Gasteiger partial charge is 0.356 e. The third kappa shape index (κ3) is 2.14. The molecule has 3 heterocycles. The number of likely N-dealkylation sites (tertiary alicyclic amines) is 1. The van der Waals surface area contributed by atoms with Gasteiger partial charge in [0.1, 0.15) is 5.69 Å². The van der Waals surface area contributed by atoms with Gasteiger partial charge in [-0.2, -0.15) is 4.98 Å². The Morgan fingerprint density at radius 3 is 2.86 bits per heavy atom. The van der Waals surface area contributed by atoms with Gasteiger partial charge < -0.3 is 13.9 Å². The molecule has 0 spiro atoms. The Hall–Kier alpha value is -2.70. The van der Waals surface area contributed by atoms with Gasteiger partial charge in [-0.15, -0.1) is 0 Å². The van der Waals surface area contributed by atoms with Gasteiger partial charge in [0.05, 0.1) is 12.3 Å². The fraction of sp³-hybridized carbons (Fsp3) is 0.333. The Morgan fingerprint density at radius 1 is 1.27 bits per heavy atom. The van der Waals surface area contributed by atoms with Crippen molar-refractivity contribution in [2.75, 3.05) is 13.1 Å². The van der Waals surface area contributed by atoms with Crippen molar-refractivity contribution < 1.29 is 13.8 Å². The number of aryl methyl sites for hydroxylation is 1. The van der Waals surface area contributed by atoms with E-state index < -0.39 is 0 Å². The summed E-state index contributed by atoms with van der Waals surface area (Å²) in [6, 6.07) is 7.54. The first kappa shape index (κ1) is 13.0. The zero-order valence-corrected chi connectivity index (χ0v) is 12.0. The van der Waals surface area contributed by atoms with Gasteiger partial charge in [0.25, 0.3) is 0 Å². The first-order chi connectivity index (χ1) is 10.7. The Morgan fingerprint density at radius 2 is 2.09 bits per heavy atom. The second-order valence-corrected chi connectivity index (χ2v) is 5.48. The average Bonchev–Trinajstić information content (AvgIpc) is 3.05. The minimum Gasteiger partial charge on any atom is -0.356 e. The fourth-order valence-corrected chi connectivity index (χ4v) is 2.64. The van der Waals surface area contributed by atoms with E-state index >= 15 is 0 Å². The van der Waals surface area contributed by atoms with Crippen molar-refractivity contribution in [2.24, 2.45) is 0 Å². The molecule has 1 fully saturated rings. The molecular weight excluding hydrogens is 284 g/mol. The lowest BCUT2D eigenvalue weighted by Crippen LogP contribution is -2.49. The van der Waals surface area contributed by atoms with Crippen LogP contribution in [0.5, 0.6) is 0 Å². The normalized spacial score (nSPS) is 15.2. The first-order valence-electron chi connectivity index (χ1n) is 7.12. The van der Waals surface area contributed by atoms with E-state index in [1.807, 2.05) is 24.3 Å². The van der Waals surface area contributed by atoms with Crippen molar-refractivity contribution in [2.45, 2.75) is 19.3 Å². The minimum absolute atomic E-state index is 0.0338. The maximum atomic E-state index is 12.3. The summed E-state index contributed by atoms with van der Waals surface area (Å²) in [5.41, 5.74) is 1.38. The lowest BCUT2D eigenvalue weighted by atomic mass is 9.99. The Balaban J connectivity index is 1.42. The van der Waals surface area contributed by atoms with Crippen molar-refractivity contribution >= 4 is 16.9 Å². The van der Waals surface area contributed by atoms with Crippen LogP contribution < -0.4 is 0 Å². The lowest BCUT2D eigenvalue weighted by molar-refractivity contribution is -0.135. The van der Waals surface area contributed by atoms with Crippen LogP contribution in [0.2, 0.25) is 0 Å². The number of hydrogen-bond donors (Lipinski definition) is 0. The van der Waals surface area contributed by atoms with Crippen molar-refractivity contribution in [1.29, 1.82) is 0 Å².